The van der Waals surface area contributed by atoms with Gasteiger partial charge in [0.1, 0.15) is 0 Å². The van der Waals surface area contributed by atoms with Gasteiger partial charge in [0.2, 0.25) is 10.0 Å². The van der Waals surface area contributed by atoms with Gasteiger partial charge in [0.05, 0.1) is 5.25 Å². The molecule has 2 aliphatic heterocycles. The SMILES string of the molecule is O=S(=O)(C1CCCCC1)N1CCCSCC1CN1CCCCC1. The van der Waals surface area contributed by atoms with Crippen LogP contribution >= 0.6 is 11.8 Å². The third-order valence-corrected chi connectivity index (χ3v) is 9.25. The van der Waals surface area contributed by atoms with Crippen LogP contribution in [0.2, 0.25) is 0 Å². The molecule has 0 bridgehead atoms. The fourth-order valence-corrected chi connectivity index (χ4v) is 7.68. The minimum atomic E-state index is -3.12. The molecule has 1 saturated carbocycles. The fraction of sp³-hybridized carbons (Fsp3) is 1.00. The molecule has 3 aliphatic rings. The highest BCUT2D eigenvalue weighted by Gasteiger charge is 2.38. The molecule has 1 aliphatic carbocycles. The smallest absolute Gasteiger partial charge is 0.217 e. The van der Waals surface area contributed by atoms with Gasteiger partial charge in [0.15, 0.2) is 0 Å². The van der Waals surface area contributed by atoms with Crippen molar-refractivity contribution in [3.05, 3.63) is 0 Å². The Bertz CT molecular complexity index is 457. The third-order valence-electron chi connectivity index (χ3n) is 5.60. The van der Waals surface area contributed by atoms with Gasteiger partial charge in [-0.1, -0.05) is 25.7 Å². The molecule has 1 atom stereocenters. The summed E-state index contributed by atoms with van der Waals surface area (Å²) >= 11 is 1.95. The molecule has 1 unspecified atom stereocenters. The zero-order valence-electron chi connectivity index (χ0n) is 14.3. The van der Waals surface area contributed by atoms with Crippen molar-refractivity contribution in [2.24, 2.45) is 0 Å². The summed E-state index contributed by atoms with van der Waals surface area (Å²) < 4.78 is 28.4. The van der Waals surface area contributed by atoms with E-state index in [0.717, 1.165) is 69.8 Å². The van der Waals surface area contributed by atoms with E-state index >= 15 is 0 Å². The predicted octanol–water partition coefficient (Wildman–Crippen LogP) is 2.94. The molecule has 23 heavy (non-hydrogen) atoms. The molecule has 4 nitrogen and oxygen atoms in total. The molecule has 0 aromatic heterocycles. The number of likely N-dealkylation sites (tertiary alicyclic amines) is 1. The van der Waals surface area contributed by atoms with Crippen LogP contribution in [0.3, 0.4) is 0 Å². The van der Waals surface area contributed by atoms with Gasteiger partial charge in [-0.15, -0.1) is 0 Å². The van der Waals surface area contributed by atoms with Crippen molar-refractivity contribution in [3.63, 3.8) is 0 Å². The normalized spacial score (nSPS) is 30.2. The zero-order valence-corrected chi connectivity index (χ0v) is 15.9. The van der Waals surface area contributed by atoms with E-state index in [2.05, 4.69) is 4.90 Å². The first-order valence-corrected chi connectivity index (χ1v) is 12.1. The lowest BCUT2D eigenvalue weighted by Crippen LogP contribution is -2.51. The minimum Gasteiger partial charge on any atom is -0.302 e. The Morgan fingerprint density at radius 2 is 1.57 bits per heavy atom. The van der Waals surface area contributed by atoms with Gasteiger partial charge >= 0.3 is 0 Å². The quantitative estimate of drug-likeness (QED) is 0.773. The molecule has 2 heterocycles. The molecular weight excluding hydrogens is 328 g/mol. The standard InChI is InChI=1S/C17H32N2O2S2/c20-23(21,17-8-3-1-4-9-17)19-12-7-13-22-15-16(19)14-18-10-5-2-6-11-18/h16-17H,1-15H2. The summed E-state index contributed by atoms with van der Waals surface area (Å²) in [6, 6.07) is 0.188. The van der Waals surface area contributed by atoms with E-state index in [1.165, 1.54) is 25.7 Å². The maximum atomic E-state index is 13.2. The minimum absolute atomic E-state index is 0.108. The molecule has 3 fully saturated rings. The van der Waals surface area contributed by atoms with Crippen molar-refractivity contribution < 1.29 is 8.42 Å². The molecule has 0 aromatic rings. The summed E-state index contributed by atoms with van der Waals surface area (Å²) in [5.74, 6) is 2.08. The summed E-state index contributed by atoms with van der Waals surface area (Å²) in [7, 11) is -3.12. The zero-order chi connectivity index (χ0) is 16.1. The third kappa shape index (κ3) is 4.65. The van der Waals surface area contributed by atoms with E-state index in [4.69, 9.17) is 0 Å². The van der Waals surface area contributed by atoms with Crippen molar-refractivity contribution in [2.45, 2.75) is 69.1 Å². The first-order chi connectivity index (χ1) is 11.2. The van der Waals surface area contributed by atoms with Crippen LogP contribution in [-0.2, 0) is 10.0 Å². The number of piperidine rings is 1. The maximum absolute atomic E-state index is 13.2. The van der Waals surface area contributed by atoms with E-state index in [-0.39, 0.29) is 11.3 Å². The predicted molar refractivity (Wildman–Crippen MR) is 98.5 cm³/mol. The largest absolute Gasteiger partial charge is 0.302 e. The highest BCUT2D eigenvalue weighted by molar-refractivity contribution is 7.99. The molecule has 0 radical (unpaired) electrons. The van der Waals surface area contributed by atoms with Gasteiger partial charge in [-0.25, -0.2) is 8.42 Å². The van der Waals surface area contributed by atoms with Gasteiger partial charge in [-0.05, 0) is 50.9 Å². The first kappa shape index (κ1) is 18.0. The van der Waals surface area contributed by atoms with E-state index in [1.807, 2.05) is 16.1 Å². The number of sulfonamides is 1. The molecule has 0 amide bonds. The Balaban J connectivity index is 1.71. The fourth-order valence-electron chi connectivity index (χ4n) is 4.28. The van der Waals surface area contributed by atoms with E-state index < -0.39 is 10.0 Å². The Morgan fingerprint density at radius 3 is 2.30 bits per heavy atom. The van der Waals surface area contributed by atoms with Gasteiger partial charge in [0.25, 0.3) is 0 Å². The van der Waals surface area contributed by atoms with Crippen LogP contribution in [-0.4, -0.2) is 66.6 Å². The number of nitrogens with zero attached hydrogens (tertiary/aromatic N) is 2. The summed E-state index contributed by atoms with van der Waals surface area (Å²) in [6.45, 7) is 3.99. The highest BCUT2D eigenvalue weighted by atomic mass is 32.2. The number of thioether (sulfide) groups is 1. The van der Waals surface area contributed by atoms with Crippen LogP contribution in [0.15, 0.2) is 0 Å². The molecule has 0 N–H and O–H groups in total. The van der Waals surface area contributed by atoms with Gasteiger partial charge in [-0.3, -0.25) is 0 Å². The molecule has 0 aromatic carbocycles. The molecule has 0 spiro atoms. The van der Waals surface area contributed by atoms with Crippen LogP contribution in [0.4, 0.5) is 0 Å². The van der Waals surface area contributed by atoms with Crippen LogP contribution in [0.1, 0.15) is 57.8 Å². The Morgan fingerprint density at radius 1 is 0.870 bits per heavy atom. The van der Waals surface area contributed by atoms with E-state index in [1.54, 1.807) is 0 Å². The topological polar surface area (TPSA) is 40.6 Å². The van der Waals surface area contributed by atoms with Gasteiger partial charge in [0, 0.05) is 24.9 Å². The average Bonchev–Trinajstić information content (AvgIpc) is 2.82. The van der Waals surface area contributed by atoms with Crippen LogP contribution < -0.4 is 0 Å². The van der Waals surface area contributed by atoms with Crippen LogP contribution in [0.25, 0.3) is 0 Å². The average molecular weight is 361 g/mol. The Hall–Kier alpha value is 0.220. The second-order valence-electron chi connectivity index (χ2n) is 7.36. The molecule has 2 saturated heterocycles. The number of rotatable bonds is 4. The monoisotopic (exact) mass is 360 g/mol. The highest BCUT2D eigenvalue weighted by Crippen LogP contribution is 2.30. The lowest BCUT2D eigenvalue weighted by molar-refractivity contribution is 0.182. The van der Waals surface area contributed by atoms with Crippen LogP contribution in [0.5, 0.6) is 0 Å². The van der Waals surface area contributed by atoms with Crippen LogP contribution in [0, 0.1) is 0 Å². The molecule has 6 heteroatoms. The van der Waals surface area contributed by atoms with Crippen molar-refractivity contribution in [1.82, 2.24) is 9.21 Å². The molecule has 3 rings (SSSR count). The Kier molecular flexibility index (Phi) is 6.70. The van der Waals surface area contributed by atoms with Crippen molar-refractivity contribution in [1.29, 1.82) is 0 Å². The maximum Gasteiger partial charge on any atom is 0.217 e. The van der Waals surface area contributed by atoms with E-state index in [0.29, 0.717) is 0 Å². The lowest BCUT2D eigenvalue weighted by Gasteiger charge is -2.37. The van der Waals surface area contributed by atoms with E-state index in [9.17, 15) is 8.42 Å². The van der Waals surface area contributed by atoms with Crippen molar-refractivity contribution in [2.75, 3.05) is 37.7 Å². The van der Waals surface area contributed by atoms with Gasteiger partial charge in [-0.2, -0.15) is 16.1 Å². The van der Waals surface area contributed by atoms with Gasteiger partial charge < -0.3 is 4.90 Å². The second-order valence-corrected chi connectivity index (χ2v) is 10.7. The molecule has 134 valence electrons. The summed E-state index contributed by atoms with van der Waals surface area (Å²) in [5, 5.41) is -0.108. The van der Waals surface area contributed by atoms with Crippen molar-refractivity contribution >= 4 is 21.8 Å². The number of hydrogen-bond acceptors (Lipinski definition) is 4. The summed E-state index contributed by atoms with van der Waals surface area (Å²) in [6.07, 6.45) is 10.0. The molecular formula is C17H32N2O2S2. The summed E-state index contributed by atoms with van der Waals surface area (Å²) in [5.41, 5.74) is 0. The van der Waals surface area contributed by atoms with Crippen molar-refractivity contribution in [3.8, 4) is 0 Å². The second kappa shape index (κ2) is 8.54. The lowest BCUT2D eigenvalue weighted by atomic mass is 10.0. The first-order valence-electron chi connectivity index (χ1n) is 9.49. The number of hydrogen-bond donors (Lipinski definition) is 0. The Labute approximate surface area is 146 Å². The summed E-state index contributed by atoms with van der Waals surface area (Å²) in [4.78, 5) is 2.50.